The number of nitrogens with zero attached hydrogens (tertiary/aromatic N) is 2. The summed E-state index contributed by atoms with van der Waals surface area (Å²) in [6.45, 7) is 4.08. The molecule has 0 unspecified atom stereocenters. The Balaban J connectivity index is 1.40. The van der Waals surface area contributed by atoms with Gasteiger partial charge in [-0.05, 0) is 60.9 Å². The molecule has 0 spiro atoms. The van der Waals surface area contributed by atoms with Crippen molar-refractivity contribution in [1.29, 1.82) is 0 Å². The summed E-state index contributed by atoms with van der Waals surface area (Å²) >= 11 is 6.64. The number of nitrogens with one attached hydrogen (secondary N) is 1. The van der Waals surface area contributed by atoms with Gasteiger partial charge in [0.1, 0.15) is 16.6 Å². The van der Waals surface area contributed by atoms with Gasteiger partial charge in [-0.1, -0.05) is 60.4 Å². The second kappa shape index (κ2) is 10.4. The minimum Gasteiger partial charge on any atom is -0.497 e. The molecule has 0 saturated carbocycles. The third-order valence-electron chi connectivity index (χ3n) is 6.59. The molecule has 9 heteroatoms. The number of carbonyl (C=O) groups is 3. The van der Waals surface area contributed by atoms with Crippen LogP contribution in [0, 0.1) is 13.8 Å². The van der Waals surface area contributed by atoms with E-state index in [1.54, 1.807) is 25.3 Å². The number of thiocarbonyl (C=S) groups is 1. The lowest BCUT2D eigenvalue weighted by atomic mass is 10.1. The summed E-state index contributed by atoms with van der Waals surface area (Å²) in [5, 5.41) is 2.87. The lowest BCUT2D eigenvalue weighted by Gasteiger charge is -2.17. The van der Waals surface area contributed by atoms with Crippen molar-refractivity contribution in [2.45, 2.75) is 20.4 Å². The zero-order valence-corrected chi connectivity index (χ0v) is 22.7. The van der Waals surface area contributed by atoms with E-state index in [1.165, 1.54) is 9.80 Å². The van der Waals surface area contributed by atoms with Gasteiger partial charge < -0.3 is 10.1 Å². The highest BCUT2D eigenvalue weighted by molar-refractivity contribution is 8.26. The van der Waals surface area contributed by atoms with Gasteiger partial charge in [0.05, 0.1) is 29.8 Å². The predicted molar refractivity (Wildman–Crippen MR) is 154 cm³/mol. The van der Waals surface area contributed by atoms with Gasteiger partial charge in [0.25, 0.3) is 11.8 Å². The van der Waals surface area contributed by atoms with Crippen LogP contribution in [0.4, 0.5) is 11.4 Å². The van der Waals surface area contributed by atoms with Crippen molar-refractivity contribution in [2.75, 3.05) is 23.9 Å². The quantitative estimate of drug-likeness (QED) is 0.346. The van der Waals surface area contributed by atoms with Crippen molar-refractivity contribution in [2.24, 2.45) is 0 Å². The minimum absolute atomic E-state index is 0.182. The number of carbonyl (C=O) groups excluding carboxylic acids is 3. The molecule has 2 heterocycles. The summed E-state index contributed by atoms with van der Waals surface area (Å²) in [4.78, 5) is 43.3. The van der Waals surface area contributed by atoms with Crippen molar-refractivity contribution in [3.05, 3.63) is 93.9 Å². The number of amides is 3. The highest BCUT2D eigenvalue weighted by Crippen LogP contribution is 2.44. The first-order valence-electron chi connectivity index (χ1n) is 12.0. The molecule has 0 bridgehead atoms. The number of ether oxygens (including phenoxy) is 1. The second-order valence-electron chi connectivity index (χ2n) is 9.07. The van der Waals surface area contributed by atoms with E-state index in [2.05, 4.69) is 5.32 Å². The van der Waals surface area contributed by atoms with Crippen LogP contribution >= 0.6 is 24.0 Å². The van der Waals surface area contributed by atoms with Crippen LogP contribution in [0.2, 0.25) is 0 Å². The summed E-state index contributed by atoms with van der Waals surface area (Å²) in [6.07, 6.45) is 0. The Morgan fingerprint density at radius 1 is 0.947 bits per heavy atom. The second-order valence-corrected chi connectivity index (χ2v) is 10.7. The third-order valence-corrected chi connectivity index (χ3v) is 8.04. The molecule has 2 aliphatic heterocycles. The van der Waals surface area contributed by atoms with Gasteiger partial charge in [0.2, 0.25) is 5.91 Å². The smallest absolute Gasteiger partial charge is 0.267 e. The van der Waals surface area contributed by atoms with Gasteiger partial charge in [0, 0.05) is 11.3 Å². The molecular weight excluding hydrogens is 518 g/mol. The van der Waals surface area contributed by atoms with Gasteiger partial charge in [0.15, 0.2) is 0 Å². The predicted octanol–water partition coefficient (Wildman–Crippen LogP) is 5.07. The highest BCUT2D eigenvalue weighted by atomic mass is 32.2. The molecule has 1 N–H and O–H groups in total. The summed E-state index contributed by atoms with van der Waals surface area (Å²) in [7, 11) is 1.59. The number of fused-ring (bicyclic) bond motifs is 1. The molecule has 5 rings (SSSR count). The van der Waals surface area contributed by atoms with Crippen molar-refractivity contribution in [3.8, 4) is 5.75 Å². The van der Waals surface area contributed by atoms with E-state index < -0.39 is 5.91 Å². The first-order valence-corrected chi connectivity index (χ1v) is 13.2. The van der Waals surface area contributed by atoms with Crippen LogP contribution in [0.3, 0.4) is 0 Å². The van der Waals surface area contributed by atoms with E-state index >= 15 is 0 Å². The van der Waals surface area contributed by atoms with E-state index in [1.807, 2.05) is 62.4 Å². The summed E-state index contributed by atoms with van der Waals surface area (Å²) < 4.78 is 5.58. The number of benzene rings is 3. The van der Waals surface area contributed by atoms with Crippen LogP contribution in [0.5, 0.6) is 5.75 Å². The highest BCUT2D eigenvalue weighted by Gasteiger charge is 2.42. The molecule has 7 nitrogen and oxygen atoms in total. The molecule has 0 aliphatic carbocycles. The fourth-order valence-electron chi connectivity index (χ4n) is 4.42. The Kier molecular flexibility index (Phi) is 7.05. The van der Waals surface area contributed by atoms with Crippen LogP contribution in [-0.4, -0.2) is 40.6 Å². The largest absolute Gasteiger partial charge is 0.497 e. The normalized spacial score (nSPS) is 16.8. The molecule has 2 aliphatic rings. The van der Waals surface area contributed by atoms with Crippen LogP contribution in [0.15, 0.2) is 71.6 Å². The Bertz CT molecular complexity index is 1510. The average Bonchev–Trinajstić information content (AvgIpc) is 3.33. The molecule has 3 amide bonds. The first-order chi connectivity index (χ1) is 18.3. The van der Waals surface area contributed by atoms with E-state index in [4.69, 9.17) is 17.0 Å². The van der Waals surface area contributed by atoms with Gasteiger partial charge in [-0.3, -0.25) is 24.2 Å². The lowest BCUT2D eigenvalue weighted by Crippen LogP contribution is -2.35. The van der Waals surface area contributed by atoms with E-state index in [0.29, 0.717) is 21.3 Å². The summed E-state index contributed by atoms with van der Waals surface area (Å²) in [5.41, 5.74) is 5.21. The maximum absolute atomic E-state index is 13.7. The molecule has 1 saturated heterocycles. The number of thioether (sulfide) groups is 1. The molecule has 0 radical (unpaired) electrons. The fraction of sp³-hybridized carbons (Fsp3) is 0.172. The van der Waals surface area contributed by atoms with Crippen LogP contribution < -0.4 is 15.0 Å². The Morgan fingerprint density at radius 2 is 1.68 bits per heavy atom. The number of hydrogen-bond acceptors (Lipinski definition) is 6. The molecule has 38 heavy (non-hydrogen) atoms. The molecule has 3 aromatic carbocycles. The van der Waals surface area contributed by atoms with Crippen molar-refractivity contribution in [3.63, 3.8) is 0 Å². The summed E-state index contributed by atoms with van der Waals surface area (Å²) in [5.74, 6) is -0.331. The van der Waals surface area contributed by atoms with Crippen LogP contribution in [0.25, 0.3) is 5.57 Å². The van der Waals surface area contributed by atoms with Crippen molar-refractivity contribution < 1.29 is 19.1 Å². The number of rotatable bonds is 6. The third kappa shape index (κ3) is 4.82. The number of methoxy groups -OCH3 is 1. The maximum Gasteiger partial charge on any atom is 0.267 e. The van der Waals surface area contributed by atoms with Crippen LogP contribution in [0.1, 0.15) is 22.3 Å². The average molecular weight is 544 g/mol. The first kappa shape index (κ1) is 25.7. The molecule has 192 valence electrons. The van der Waals surface area contributed by atoms with Gasteiger partial charge in [-0.2, -0.15) is 0 Å². The van der Waals surface area contributed by atoms with Crippen molar-refractivity contribution >= 4 is 63.0 Å². The van der Waals surface area contributed by atoms with Gasteiger partial charge in [-0.15, -0.1) is 0 Å². The molecule has 1 fully saturated rings. The maximum atomic E-state index is 13.7. The number of aryl methyl sites for hydroxylation is 2. The van der Waals surface area contributed by atoms with Gasteiger partial charge >= 0.3 is 0 Å². The number of hydrogen-bond donors (Lipinski definition) is 1. The van der Waals surface area contributed by atoms with E-state index in [9.17, 15) is 14.4 Å². The zero-order valence-electron chi connectivity index (χ0n) is 21.1. The van der Waals surface area contributed by atoms with Crippen molar-refractivity contribution in [1.82, 2.24) is 4.90 Å². The molecule has 0 atom stereocenters. The van der Waals surface area contributed by atoms with Gasteiger partial charge in [-0.25, -0.2) is 0 Å². The molecule has 3 aromatic rings. The lowest BCUT2D eigenvalue weighted by molar-refractivity contribution is -0.122. The Morgan fingerprint density at radius 3 is 2.39 bits per heavy atom. The fourth-order valence-corrected chi connectivity index (χ4v) is 5.75. The van der Waals surface area contributed by atoms with E-state index in [0.717, 1.165) is 34.2 Å². The van der Waals surface area contributed by atoms with Crippen LogP contribution in [-0.2, 0) is 20.9 Å². The topological polar surface area (TPSA) is 79.0 Å². The summed E-state index contributed by atoms with van der Waals surface area (Å²) in [6, 6.07) is 20.2. The SMILES string of the molecule is COc1ccc(CN2C(=O)/C(=C3/C(=O)N(CC(=O)Nc4ccc(C)c(C)c4)c4ccccc43)SC2=S)cc1. The Hall–Kier alpha value is -3.95. The number of para-hydroxylation sites is 1. The molecular formula is C29H25N3O4S2. The molecule has 0 aromatic heterocycles. The number of anilines is 2. The van der Waals surface area contributed by atoms with E-state index in [-0.39, 0.29) is 35.4 Å². The monoisotopic (exact) mass is 543 g/mol. The minimum atomic E-state index is -0.397. The standard InChI is InChI=1S/C29H25N3O4S2/c1-17-8-11-20(14-18(17)2)30-24(33)16-31-23-7-5-4-6-22(23)25(27(31)34)26-28(35)32(29(37)38-26)15-19-9-12-21(36-3)13-10-19/h4-14H,15-16H2,1-3H3,(H,30,33)/b26-25-. The Labute approximate surface area is 230 Å². The zero-order chi connectivity index (χ0) is 27.0.